The van der Waals surface area contributed by atoms with E-state index in [1.807, 2.05) is 0 Å². The van der Waals surface area contributed by atoms with E-state index in [1.165, 1.54) is 33.5 Å². The number of anilines is 1. The highest BCUT2D eigenvalue weighted by molar-refractivity contribution is 5.80. The zero-order valence-corrected chi connectivity index (χ0v) is 13.9. The standard InChI is InChI=1S/C24H19N/c1-3-7-17(8-4-1)19-11-13-23-21(15-19)22-16-20(12-14-24(22)25-23)18-9-5-2-6-10-18/h1-16,21,23,25H. The van der Waals surface area contributed by atoms with Gasteiger partial charge in [0.2, 0.25) is 0 Å². The van der Waals surface area contributed by atoms with Crippen molar-refractivity contribution in [1.82, 2.24) is 0 Å². The number of hydrogen-bond donors (Lipinski definition) is 1. The van der Waals surface area contributed by atoms with Crippen molar-refractivity contribution in [3.63, 3.8) is 0 Å². The fourth-order valence-electron chi connectivity index (χ4n) is 3.88. The Labute approximate surface area is 148 Å². The van der Waals surface area contributed by atoms with Gasteiger partial charge in [-0.1, -0.05) is 85.0 Å². The van der Waals surface area contributed by atoms with Crippen molar-refractivity contribution in [2.75, 3.05) is 5.32 Å². The predicted molar refractivity (Wildman–Crippen MR) is 106 cm³/mol. The van der Waals surface area contributed by atoms with Gasteiger partial charge in [0.05, 0.1) is 6.04 Å². The maximum atomic E-state index is 3.66. The van der Waals surface area contributed by atoms with Gasteiger partial charge in [-0.15, -0.1) is 0 Å². The Kier molecular flexibility index (Phi) is 3.31. The zero-order valence-electron chi connectivity index (χ0n) is 13.9. The lowest BCUT2D eigenvalue weighted by Crippen LogP contribution is -2.18. The van der Waals surface area contributed by atoms with E-state index in [4.69, 9.17) is 0 Å². The molecule has 25 heavy (non-hydrogen) atoms. The number of nitrogens with one attached hydrogen (secondary N) is 1. The van der Waals surface area contributed by atoms with E-state index >= 15 is 0 Å². The van der Waals surface area contributed by atoms with Crippen molar-refractivity contribution in [2.24, 2.45) is 0 Å². The lowest BCUT2D eigenvalue weighted by molar-refractivity contribution is 0.808. The molecule has 2 aliphatic rings. The van der Waals surface area contributed by atoms with Crippen LogP contribution in [-0.4, -0.2) is 6.04 Å². The molecule has 0 bridgehead atoms. The van der Waals surface area contributed by atoms with Gasteiger partial charge in [-0.2, -0.15) is 0 Å². The molecular formula is C24H19N. The lowest BCUT2D eigenvalue weighted by Gasteiger charge is -2.20. The summed E-state index contributed by atoms with van der Waals surface area (Å²) in [6.07, 6.45) is 6.95. The van der Waals surface area contributed by atoms with Crippen molar-refractivity contribution in [3.8, 4) is 11.1 Å². The van der Waals surface area contributed by atoms with Gasteiger partial charge >= 0.3 is 0 Å². The Hall–Kier alpha value is -3.06. The summed E-state index contributed by atoms with van der Waals surface area (Å²) in [6, 6.07) is 28.4. The highest BCUT2D eigenvalue weighted by Gasteiger charge is 2.31. The van der Waals surface area contributed by atoms with Crippen LogP contribution in [0.25, 0.3) is 16.7 Å². The Balaban J connectivity index is 1.56. The number of allylic oxidation sites excluding steroid dienone is 2. The van der Waals surface area contributed by atoms with Crippen molar-refractivity contribution < 1.29 is 0 Å². The van der Waals surface area contributed by atoms with Crippen LogP contribution in [-0.2, 0) is 0 Å². The van der Waals surface area contributed by atoms with Crippen molar-refractivity contribution in [2.45, 2.75) is 12.0 Å². The third-order valence-corrected chi connectivity index (χ3v) is 5.18. The molecule has 1 heterocycles. The molecule has 0 aromatic heterocycles. The molecule has 1 N–H and O–H groups in total. The van der Waals surface area contributed by atoms with E-state index in [0.29, 0.717) is 12.0 Å². The summed E-state index contributed by atoms with van der Waals surface area (Å²) in [6.45, 7) is 0. The van der Waals surface area contributed by atoms with Gasteiger partial charge < -0.3 is 5.32 Å². The molecule has 0 radical (unpaired) electrons. The molecular weight excluding hydrogens is 302 g/mol. The summed E-state index contributed by atoms with van der Waals surface area (Å²) >= 11 is 0. The summed E-state index contributed by atoms with van der Waals surface area (Å²) < 4.78 is 0. The topological polar surface area (TPSA) is 12.0 Å². The highest BCUT2D eigenvalue weighted by Crippen LogP contribution is 2.43. The average molecular weight is 321 g/mol. The molecule has 0 saturated heterocycles. The smallest absolute Gasteiger partial charge is 0.0552 e. The van der Waals surface area contributed by atoms with E-state index in [9.17, 15) is 0 Å². The normalized spacial score (nSPS) is 20.4. The lowest BCUT2D eigenvalue weighted by atomic mass is 9.85. The van der Waals surface area contributed by atoms with Crippen LogP contribution in [0.1, 0.15) is 17.0 Å². The molecule has 1 aliphatic heterocycles. The van der Waals surface area contributed by atoms with Gasteiger partial charge in [-0.25, -0.2) is 0 Å². The van der Waals surface area contributed by atoms with E-state index in [2.05, 4.69) is 102 Å². The first kappa shape index (κ1) is 14.3. The van der Waals surface area contributed by atoms with Crippen LogP contribution >= 0.6 is 0 Å². The second kappa shape index (κ2) is 5.78. The molecule has 0 fully saturated rings. The second-order valence-corrected chi connectivity index (χ2v) is 6.71. The monoisotopic (exact) mass is 321 g/mol. The fourth-order valence-corrected chi connectivity index (χ4v) is 3.88. The first-order valence-electron chi connectivity index (χ1n) is 8.80. The number of fused-ring (bicyclic) bond motifs is 3. The molecule has 2 atom stereocenters. The Morgan fingerprint density at radius 2 is 1.40 bits per heavy atom. The van der Waals surface area contributed by atoms with Crippen LogP contribution in [0.4, 0.5) is 5.69 Å². The molecule has 1 nitrogen and oxygen atoms in total. The van der Waals surface area contributed by atoms with E-state index in [1.54, 1.807) is 0 Å². The highest BCUT2D eigenvalue weighted by atomic mass is 15.0. The molecule has 3 aromatic rings. The Morgan fingerprint density at radius 3 is 2.16 bits per heavy atom. The van der Waals surface area contributed by atoms with Gasteiger partial charge in [-0.3, -0.25) is 0 Å². The maximum Gasteiger partial charge on any atom is 0.0552 e. The summed E-state index contributed by atoms with van der Waals surface area (Å²) in [5, 5.41) is 3.66. The van der Waals surface area contributed by atoms with E-state index in [0.717, 1.165) is 0 Å². The third kappa shape index (κ3) is 2.49. The van der Waals surface area contributed by atoms with Gasteiger partial charge in [0.15, 0.2) is 0 Å². The van der Waals surface area contributed by atoms with Gasteiger partial charge in [0.25, 0.3) is 0 Å². The van der Waals surface area contributed by atoms with Crippen LogP contribution in [0, 0.1) is 0 Å². The first-order valence-corrected chi connectivity index (χ1v) is 8.80. The molecule has 3 aromatic carbocycles. The minimum absolute atomic E-state index is 0.355. The predicted octanol–water partition coefficient (Wildman–Crippen LogP) is 5.88. The molecule has 5 rings (SSSR count). The summed E-state index contributed by atoms with van der Waals surface area (Å²) in [5.74, 6) is 0.388. The average Bonchev–Trinajstić information content (AvgIpc) is 3.06. The minimum atomic E-state index is 0.355. The molecule has 0 saturated carbocycles. The quantitative estimate of drug-likeness (QED) is 0.621. The van der Waals surface area contributed by atoms with Crippen LogP contribution in [0.3, 0.4) is 0 Å². The Bertz CT molecular complexity index is 967. The SMILES string of the molecule is C1=CC2Nc3ccc(-c4ccccc4)cc3C2C=C1c1ccccc1. The van der Waals surface area contributed by atoms with Crippen LogP contribution in [0.5, 0.6) is 0 Å². The maximum absolute atomic E-state index is 3.66. The number of rotatable bonds is 2. The van der Waals surface area contributed by atoms with Crippen LogP contribution < -0.4 is 5.32 Å². The van der Waals surface area contributed by atoms with E-state index < -0.39 is 0 Å². The van der Waals surface area contributed by atoms with Crippen molar-refractivity contribution in [1.29, 1.82) is 0 Å². The minimum Gasteiger partial charge on any atom is -0.378 e. The molecule has 0 amide bonds. The summed E-state index contributed by atoms with van der Waals surface area (Å²) in [4.78, 5) is 0. The zero-order chi connectivity index (χ0) is 16.6. The van der Waals surface area contributed by atoms with Crippen molar-refractivity contribution in [3.05, 3.63) is 108 Å². The van der Waals surface area contributed by atoms with Gasteiger partial charge in [0, 0.05) is 11.6 Å². The fraction of sp³-hybridized carbons (Fsp3) is 0.0833. The number of benzene rings is 3. The molecule has 2 unspecified atom stereocenters. The van der Waals surface area contributed by atoms with Crippen molar-refractivity contribution >= 4 is 11.3 Å². The Morgan fingerprint density at radius 1 is 0.680 bits per heavy atom. The molecule has 120 valence electrons. The second-order valence-electron chi connectivity index (χ2n) is 6.71. The largest absolute Gasteiger partial charge is 0.378 e. The van der Waals surface area contributed by atoms with Crippen LogP contribution in [0.2, 0.25) is 0 Å². The summed E-state index contributed by atoms with van der Waals surface area (Å²) in [7, 11) is 0. The number of hydrogen-bond acceptors (Lipinski definition) is 1. The van der Waals surface area contributed by atoms with Crippen LogP contribution in [0.15, 0.2) is 97.1 Å². The molecule has 1 heteroatoms. The molecule has 0 spiro atoms. The van der Waals surface area contributed by atoms with Gasteiger partial charge in [0.1, 0.15) is 0 Å². The van der Waals surface area contributed by atoms with E-state index in [-0.39, 0.29) is 0 Å². The first-order chi connectivity index (χ1) is 12.4. The molecule has 1 aliphatic carbocycles. The summed E-state index contributed by atoms with van der Waals surface area (Å²) in [5.41, 5.74) is 7.79. The van der Waals surface area contributed by atoms with Gasteiger partial charge in [-0.05, 0) is 40.0 Å². The third-order valence-electron chi connectivity index (χ3n) is 5.18.